The number of carbonyl (C=O) groups excluding carboxylic acids is 1. The summed E-state index contributed by atoms with van der Waals surface area (Å²) in [5.41, 5.74) is 2.86. The number of fused-ring (bicyclic) bond motifs is 1. The number of piperidine rings is 2. The van der Waals surface area contributed by atoms with Crippen LogP contribution in [0.4, 0.5) is 0 Å². The monoisotopic (exact) mass is 607 g/mol. The number of aryl methyl sites for hydroxylation is 1. The summed E-state index contributed by atoms with van der Waals surface area (Å²) in [5, 5.41) is 0.786. The molecule has 3 heterocycles. The molecule has 2 aliphatic rings. The van der Waals surface area contributed by atoms with E-state index in [2.05, 4.69) is 14.8 Å². The number of aromatic nitrogens is 1. The molecule has 0 amide bonds. The van der Waals surface area contributed by atoms with Gasteiger partial charge >= 0.3 is 0 Å². The second-order valence-corrected chi connectivity index (χ2v) is 12.4. The van der Waals surface area contributed by atoms with Gasteiger partial charge in [0.1, 0.15) is 11.5 Å². The molecule has 0 N–H and O–H groups in total. The van der Waals surface area contributed by atoms with Crippen LogP contribution in [-0.4, -0.2) is 73.0 Å². The lowest BCUT2D eigenvalue weighted by molar-refractivity contribution is 0.0913. The van der Waals surface area contributed by atoms with Crippen LogP contribution in [0.15, 0.2) is 72.9 Å². The first-order valence-corrected chi connectivity index (χ1v) is 16.5. The Kier molecular flexibility index (Phi) is 10.3. The highest BCUT2D eigenvalue weighted by Crippen LogP contribution is 2.38. The van der Waals surface area contributed by atoms with E-state index >= 15 is 0 Å². The number of rotatable bonds is 12. The molecule has 3 aromatic carbocycles. The van der Waals surface area contributed by atoms with E-state index in [1.54, 1.807) is 13.3 Å². The molecule has 2 saturated heterocycles. The van der Waals surface area contributed by atoms with Gasteiger partial charge in [-0.25, -0.2) is 0 Å². The Balaban J connectivity index is 1.07. The topological polar surface area (TPSA) is 64.1 Å². The average Bonchev–Trinajstić information content (AvgIpc) is 3.09. The first kappa shape index (κ1) is 31.1. The molecule has 45 heavy (non-hydrogen) atoms. The number of likely N-dealkylation sites (tertiary alicyclic amines) is 2. The maximum absolute atomic E-state index is 13.4. The van der Waals surface area contributed by atoms with Gasteiger partial charge < -0.3 is 24.0 Å². The van der Waals surface area contributed by atoms with Crippen molar-refractivity contribution < 1.29 is 19.0 Å². The van der Waals surface area contributed by atoms with Crippen molar-refractivity contribution in [3.05, 3.63) is 89.6 Å². The number of hydrogen-bond donors (Lipinski definition) is 0. The van der Waals surface area contributed by atoms with E-state index in [1.165, 1.54) is 58.3 Å². The van der Waals surface area contributed by atoms with Crippen LogP contribution in [0.5, 0.6) is 23.0 Å². The number of carbonyl (C=O) groups is 1. The molecule has 0 spiro atoms. The molecule has 0 unspecified atom stereocenters. The summed E-state index contributed by atoms with van der Waals surface area (Å²) in [4.78, 5) is 23.3. The van der Waals surface area contributed by atoms with Crippen molar-refractivity contribution in [2.24, 2.45) is 0 Å². The number of ether oxygens (including phenoxy) is 3. The van der Waals surface area contributed by atoms with Crippen LogP contribution in [0, 0.1) is 6.92 Å². The van der Waals surface area contributed by atoms with Crippen molar-refractivity contribution in [1.82, 2.24) is 14.8 Å². The molecule has 1 aromatic heterocycles. The van der Waals surface area contributed by atoms with Gasteiger partial charge in [0, 0.05) is 29.3 Å². The number of unbranched alkanes of at least 4 members (excludes halogenated alkanes) is 1. The van der Waals surface area contributed by atoms with Gasteiger partial charge in [-0.3, -0.25) is 9.78 Å². The minimum Gasteiger partial charge on any atom is -0.493 e. The highest BCUT2D eigenvalue weighted by atomic mass is 16.5. The van der Waals surface area contributed by atoms with Crippen LogP contribution < -0.4 is 14.2 Å². The molecule has 6 rings (SSSR count). The van der Waals surface area contributed by atoms with Crippen molar-refractivity contribution in [3.63, 3.8) is 0 Å². The van der Waals surface area contributed by atoms with E-state index in [-0.39, 0.29) is 5.78 Å². The van der Waals surface area contributed by atoms with Gasteiger partial charge in [-0.1, -0.05) is 48.4 Å². The number of benzene rings is 3. The van der Waals surface area contributed by atoms with Crippen molar-refractivity contribution in [3.8, 4) is 23.0 Å². The largest absolute Gasteiger partial charge is 0.493 e. The molecular weight excluding hydrogens is 562 g/mol. The number of hydrogen-bond acceptors (Lipinski definition) is 7. The second kappa shape index (κ2) is 14.9. The van der Waals surface area contributed by atoms with Crippen molar-refractivity contribution in [2.75, 3.05) is 46.4 Å². The summed E-state index contributed by atoms with van der Waals surface area (Å²) in [7, 11) is 1.65. The zero-order valence-electron chi connectivity index (χ0n) is 26.7. The fraction of sp³-hybridized carbons (Fsp3) is 0.421. The van der Waals surface area contributed by atoms with E-state index in [1.807, 2.05) is 73.7 Å². The molecule has 4 aromatic rings. The molecule has 0 atom stereocenters. The molecule has 0 bridgehead atoms. The summed E-state index contributed by atoms with van der Waals surface area (Å²) < 4.78 is 18.4. The SMILES string of the molecule is COc1cc2c(Oc3ccc(C)cc3C(=O)c3ccccc3)ccnc2cc1OCCCCN1CCC(N2CCCCC2)CC1. The third-order valence-electron chi connectivity index (χ3n) is 9.21. The van der Waals surface area contributed by atoms with Gasteiger partial charge in [-0.05, 0) is 102 Å². The summed E-state index contributed by atoms with van der Waals surface area (Å²) in [5.74, 6) is 2.32. The number of nitrogens with zero attached hydrogens (tertiary/aromatic N) is 3. The van der Waals surface area contributed by atoms with E-state index in [9.17, 15) is 4.79 Å². The predicted molar refractivity (Wildman–Crippen MR) is 179 cm³/mol. The molecule has 2 fully saturated rings. The lowest BCUT2D eigenvalue weighted by Crippen LogP contribution is -2.46. The molecule has 0 aliphatic carbocycles. The molecule has 236 valence electrons. The summed E-state index contributed by atoms with van der Waals surface area (Å²) in [6.07, 6.45) is 10.6. The molecule has 7 heteroatoms. The first-order chi connectivity index (χ1) is 22.1. The van der Waals surface area contributed by atoms with Crippen LogP contribution in [0.1, 0.15) is 66.4 Å². The lowest BCUT2D eigenvalue weighted by Gasteiger charge is -2.40. The number of pyridine rings is 1. The average molecular weight is 608 g/mol. The Labute approximate surface area is 267 Å². The summed E-state index contributed by atoms with van der Waals surface area (Å²) >= 11 is 0. The zero-order chi connectivity index (χ0) is 31.0. The third kappa shape index (κ3) is 7.66. The zero-order valence-corrected chi connectivity index (χ0v) is 26.7. The van der Waals surface area contributed by atoms with Gasteiger partial charge in [0.05, 0.1) is 24.8 Å². The van der Waals surface area contributed by atoms with Crippen LogP contribution in [-0.2, 0) is 0 Å². The fourth-order valence-electron chi connectivity index (χ4n) is 6.67. The van der Waals surface area contributed by atoms with Gasteiger partial charge in [0.2, 0.25) is 0 Å². The fourth-order valence-corrected chi connectivity index (χ4v) is 6.67. The normalized spacial score (nSPS) is 16.5. The van der Waals surface area contributed by atoms with Gasteiger partial charge in [-0.2, -0.15) is 0 Å². The van der Waals surface area contributed by atoms with E-state index in [0.717, 1.165) is 41.9 Å². The van der Waals surface area contributed by atoms with Crippen LogP contribution in [0.2, 0.25) is 0 Å². The summed E-state index contributed by atoms with van der Waals surface area (Å²) in [6, 6.07) is 21.4. The highest BCUT2D eigenvalue weighted by molar-refractivity contribution is 6.11. The Morgan fingerprint density at radius 2 is 1.64 bits per heavy atom. The Morgan fingerprint density at radius 3 is 2.42 bits per heavy atom. The maximum atomic E-state index is 13.4. The Bertz CT molecular complexity index is 1580. The standard InChI is InChI=1S/C38H45N3O4/c1-28-13-14-34(32(25-28)38(42)29-11-5-3-6-12-29)45-35-15-18-39-33-27-37(36(43-2)26-31(33)35)44-24-10-9-19-40-22-16-30(17-23-40)41-20-7-4-8-21-41/h3,5-6,11-15,18,25-27,30H,4,7-10,16-17,19-24H2,1-2H3. The quantitative estimate of drug-likeness (QED) is 0.121. The number of methoxy groups -OCH3 is 1. The van der Waals surface area contributed by atoms with Gasteiger partial charge in [0.25, 0.3) is 0 Å². The van der Waals surface area contributed by atoms with Crippen LogP contribution in [0.3, 0.4) is 0 Å². The lowest BCUT2D eigenvalue weighted by atomic mass is 10.00. The Hall–Kier alpha value is -3.94. The van der Waals surface area contributed by atoms with Crippen molar-refractivity contribution >= 4 is 16.7 Å². The molecule has 0 saturated carbocycles. The molecule has 0 radical (unpaired) electrons. The van der Waals surface area contributed by atoms with Gasteiger partial charge in [0.15, 0.2) is 17.3 Å². The molecule has 2 aliphatic heterocycles. The summed E-state index contributed by atoms with van der Waals surface area (Å²) in [6.45, 7) is 8.74. The minimum atomic E-state index is -0.0807. The third-order valence-corrected chi connectivity index (χ3v) is 9.21. The van der Waals surface area contributed by atoms with Crippen LogP contribution >= 0.6 is 0 Å². The van der Waals surface area contributed by atoms with E-state index < -0.39 is 0 Å². The van der Waals surface area contributed by atoms with Gasteiger partial charge in [-0.15, -0.1) is 0 Å². The second-order valence-electron chi connectivity index (χ2n) is 12.4. The number of ketones is 1. The van der Waals surface area contributed by atoms with E-state index in [0.29, 0.717) is 40.7 Å². The Morgan fingerprint density at radius 1 is 0.844 bits per heavy atom. The minimum absolute atomic E-state index is 0.0807. The molecular formula is C38H45N3O4. The van der Waals surface area contributed by atoms with Crippen molar-refractivity contribution in [2.45, 2.75) is 57.9 Å². The maximum Gasteiger partial charge on any atom is 0.196 e. The highest BCUT2D eigenvalue weighted by Gasteiger charge is 2.25. The van der Waals surface area contributed by atoms with Crippen LogP contribution in [0.25, 0.3) is 10.9 Å². The van der Waals surface area contributed by atoms with E-state index in [4.69, 9.17) is 14.2 Å². The first-order valence-electron chi connectivity index (χ1n) is 16.5. The predicted octanol–water partition coefficient (Wildman–Crippen LogP) is 7.68. The van der Waals surface area contributed by atoms with Crippen molar-refractivity contribution in [1.29, 1.82) is 0 Å². The molecule has 7 nitrogen and oxygen atoms in total. The smallest absolute Gasteiger partial charge is 0.196 e.